The standard InChI is InChI=1S/C20H18ClN3O/c1-14(20(25)24-22-13-16-8-3-5-11-18(16)21)23-19-12-6-9-15-7-2-4-10-17(15)19/h2-14,23H,1H3,(H,24,25)/b22-13-/t14-/m1/s1. The molecule has 0 unspecified atom stereocenters. The molecule has 25 heavy (non-hydrogen) atoms. The van der Waals surface area contributed by atoms with Crippen molar-refractivity contribution in [1.82, 2.24) is 5.43 Å². The molecule has 126 valence electrons. The van der Waals surface area contributed by atoms with E-state index in [1.165, 1.54) is 6.21 Å². The lowest BCUT2D eigenvalue weighted by molar-refractivity contribution is -0.121. The highest BCUT2D eigenvalue weighted by Crippen LogP contribution is 2.23. The lowest BCUT2D eigenvalue weighted by atomic mass is 10.1. The predicted octanol–water partition coefficient (Wildman–Crippen LogP) is 4.44. The summed E-state index contributed by atoms with van der Waals surface area (Å²) in [5.41, 5.74) is 4.20. The zero-order valence-electron chi connectivity index (χ0n) is 13.7. The summed E-state index contributed by atoms with van der Waals surface area (Å²) >= 11 is 6.05. The van der Waals surface area contributed by atoms with Gasteiger partial charge in [0.1, 0.15) is 6.04 Å². The number of benzene rings is 3. The van der Waals surface area contributed by atoms with Crippen LogP contribution in [0.4, 0.5) is 5.69 Å². The van der Waals surface area contributed by atoms with E-state index in [-0.39, 0.29) is 5.91 Å². The van der Waals surface area contributed by atoms with Gasteiger partial charge >= 0.3 is 0 Å². The molecular formula is C20H18ClN3O. The van der Waals surface area contributed by atoms with Crippen LogP contribution in [0, 0.1) is 0 Å². The van der Waals surface area contributed by atoms with Gasteiger partial charge in [0.2, 0.25) is 0 Å². The van der Waals surface area contributed by atoms with Gasteiger partial charge in [0, 0.05) is 21.7 Å². The van der Waals surface area contributed by atoms with Gasteiger partial charge in [-0.05, 0) is 24.4 Å². The molecule has 5 heteroatoms. The molecule has 3 rings (SSSR count). The Kier molecular flexibility index (Phi) is 5.31. The van der Waals surface area contributed by atoms with E-state index in [1.807, 2.05) is 60.7 Å². The summed E-state index contributed by atoms with van der Waals surface area (Å²) in [6, 6.07) is 20.9. The Hall–Kier alpha value is -2.85. The molecule has 0 saturated carbocycles. The summed E-state index contributed by atoms with van der Waals surface area (Å²) in [7, 11) is 0. The first-order valence-electron chi connectivity index (χ1n) is 7.97. The first-order valence-corrected chi connectivity index (χ1v) is 8.34. The van der Waals surface area contributed by atoms with Gasteiger partial charge in [-0.2, -0.15) is 5.10 Å². The number of fused-ring (bicyclic) bond motifs is 1. The summed E-state index contributed by atoms with van der Waals surface area (Å²) < 4.78 is 0. The molecular weight excluding hydrogens is 334 g/mol. The maximum atomic E-state index is 12.2. The maximum Gasteiger partial charge on any atom is 0.262 e. The zero-order chi connectivity index (χ0) is 17.6. The summed E-state index contributed by atoms with van der Waals surface area (Å²) in [5.74, 6) is -0.226. The van der Waals surface area contributed by atoms with Crippen LogP contribution in [-0.2, 0) is 4.79 Å². The number of carbonyl (C=O) groups is 1. The van der Waals surface area contributed by atoms with E-state index in [0.29, 0.717) is 5.02 Å². The minimum absolute atomic E-state index is 0.226. The zero-order valence-corrected chi connectivity index (χ0v) is 14.5. The molecule has 0 fully saturated rings. The summed E-state index contributed by atoms with van der Waals surface area (Å²) in [6.07, 6.45) is 1.53. The highest BCUT2D eigenvalue weighted by atomic mass is 35.5. The van der Waals surface area contributed by atoms with Crippen LogP contribution in [0.1, 0.15) is 12.5 Å². The van der Waals surface area contributed by atoms with E-state index in [1.54, 1.807) is 13.0 Å². The molecule has 1 atom stereocenters. The lowest BCUT2D eigenvalue weighted by Crippen LogP contribution is -2.34. The SMILES string of the molecule is C[C@@H](Nc1cccc2ccccc12)C(=O)N/N=C\c1ccccc1Cl. The van der Waals surface area contributed by atoms with Crippen LogP contribution in [0.2, 0.25) is 5.02 Å². The minimum atomic E-state index is -0.436. The van der Waals surface area contributed by atoms with Crippen molar-refractivity contribution in [3.05, 3.63) is 77.3 Å². The van der Waals surface area contributed by atoms with Crippen LogP contribution >= 0.6 is 11.6 Å². The Morgan fingerprint density at radius 1 is 1.04 bits per heavy atom. The predicted molar refractivity (Wildman–Crippen MR) is 104 cm³/mol. The normalized spacial score (nSPS) is 12.2. The molecule has 0 aliphatic rings. The molecule has 0 radical (unpaired) electrons. The molecule has 0 spiro atoms. The first kappa shape index (κ1) is 17.0. The molecule has 3 aromatic rings. The molecule has 4 nitrogen and oxygen atoms in total. The summed E-state index contributed by atoms with van der Waals surface area (Å²) in [5, 5.41) is 9.99. The number of anilines is 1. The van der Waals surface area contributed by atoms with E-state index in [0.717, 1.165) is 22.0 Å². The van der Waals surface area contributed by atoms with Crippen LogP contribution in [0.5, 0.6) is 0 Å². The van der Waals surface area contributed by atoms with Crippen molar-refractivity contribution in [1.29, 1.82) is 0 Å². The van der Waals surface area contributed by atoms with E-state index < -0.39 is 6.04 Å². The van der Waals surface area contributed by atoms with Gasteiger partial charge in [-0.1, -0.05) is 66.2 Å². The second-order valence-corrected chi connectivity index (χ2v) is 6.06. The van der Waals surface area contributed by atoms with E-state index in [9.17, 15) is 4.79 Å². The Labute approximate surface area is 151 Å². The fraction of sp³-hybridized carbons (Fsp3) is 0.100. The number of halogens is 1. The van der Waals surface area contributed by atoms with Gasteiger partial charge in [0.15, 0.2) is 0 Å². The quantitative estimate of drug-likeness (QED) is 0.527. The highest BCUT2D eigenvalue weighted by Gasteiger charge is 2.13. The Bertz CT molecular complexity index is 918. The van der Waals surface area contributed by atoms with Crippen LogP contribution < -0.4 is 10.7 Å². The number of carbonyl (C=O) groups excluding carboxylic acids is 1. The first-order chi connectivity index (χ1) is 12.1. The Morgan fingerprint density at radius 2 is 1.76 bits per heavy atom. The minimum Gasteiger partial charge on any atom is -0.373 e. The van der Waals surface area contributed by atoms with Gasteiger partial charge in [0.05, 0.1) is 6.21 Å². The number of hydrogen-bond donors (Lipinski definition) is 2. The van der Waals surface area contributed by atoms with Crippen molar-refractivity contribution in [3.63, 3.8) is 0 Å². The largest absolute Gasteiger partial charge is 0.373 e. The fourth-order valence-corrected chi connectivity index (χ4v) is 2.68. The third-order valence-electron chi connectivity index (χ3n) is 3.84. The number of nitrogens with one attached hydrogen (secondary N) is 2. The smallest absolute Gasteiger partial charge is 0.262 e. The Morgan fingerprint density at radius 3 is 2.60 bits per heavy atom. The number of amides is 1. The van der Waals surface area contributed by atoms with Crippen LogP contribution in [0.15, 0.2) is 71.8 Å². The number of hydrogen-bond acceptors (Lipinski definition) is 3. The summed E-state index contributed by atoms with van der Waals surface area (Å²) in [6.45, 7) is 1.79. The molecule has 2 N–H and O–H groups in total. The van der Waals surface area contributed by atoms with Crippen LogP contribution in [-0.4, -0.2) is 18.2 Å². The van der Waals surface area contributed by atoms with Gasteiger partial charge < -0.3 is 5.32 Å². The lowest BCUT2D eigenvalue weighted by Gasteiger charge is -2.15. The van der Waals surface area contributed by atoms with Crippen LogP contribution in [0.25, 0.3) is 10.8 Å². The molecule has 3 aromatic carbocycles. The maximum absolute atomic E-state index is 12.2. The van der Waals surface area contributed by atoms with E-state index in [2.05, 4.69) is 15.8 Å². The van der Waals surface area contributed by atoms with Gasteiger partial charge in [-0.25, -0.2) is 5.43 Å². The van der Waals surface area contributed by atoms with Crippen molar-refractivity contribution in [3.8, 4) is 0 Å². The highest BCUT2D eigenvalue weighted by molar-refractivity contribution is 6.33. The molecule has 1 amide bonds. The van der Waals surface area contributed by atoms with Crippen molar-refractivity contribution in [2.45, 2.75) is 13.0 Å². The monoisotopic (exact) mass is 351 g/mol. The molecule has 0 aliphatic carbocycles. The van der Waals surface area contributed by atoms with Crippen molar-refractivity contribution in [2.24, 2.45) is 5.10 Å². The molecule has 0 bridgehead atoms. The van der Waals surface area contributed by atoms with Crippen molar-refractivity contribution >= 4 is 40.2 Å². The molecule has 0 saturated heterocycles. The van der Waals surface area contributed by atoms with Gasteiger partial charge in [-0.15, -0.1) is 0 Å². The number of rotatable bonds is 5. The fourth-order valence-electron chi connectivity index (χ4n) is 2.49. The van der Waals surface area contributed by atoms with E-state index in [4.69, 9.17) is 11.6 Å². The molecule has 0 aromatic heterocycles. The third kappa shape index (κ3) is 4.17. The van der Waals surface area contributed by atoms with Gasteiger partial charge in [0.25, 0.3) is 5.91 Å². The average Bonchev–Trinajstić information content (AvgIpc) is 2.63. The Balaban J connectivity index is 1.65. The third-order valence-corrected chi connectivity index (χ3v) is 4.18. The van der Waals surface area contributed by atoms with Gasteiger partial charge in [-0.3, -0.25) is 4.79 Å². The summed E-state index contributed by atoms with van der Waals surface area (Å²) in [4.78, 5) is 12.2. The van der Waals surface area contributed by atoms with Crippen LogP contribution in [0.3, 0.4) is 0 Å². The molecule has 0 aliphatic heterocycles. The molecule has 0 heterocycles. The second-order valence-electron chi connectivity index (χ2n) is 5.65. The van der Waals surface area contributed by atoms with Crippen molar-refractivity contribution < 1.29 is 4.79 Å². The van der Waals surface area contributed by atoms with Crippen molar-refractivity contribution in [2.75, 3.05) is 5.32 Å². The second kappa shape index (κ2) is 7.81. The average molecular weight is 352 g/mol. The number of nitrogens with zero attached hydrogens (tertiary/aromatic N) is 1. The number of hydrazone groups is 1. The van der Waals surface area contributed by atoms with E-state index >= 15 is 0 Å². The topological polar surface area (TPSA) is 53.5 Å².